The Morgan fingerprint density at radius 3 is 1.78 bits per heavy atom. The van der Waals surface area contributed by atoms with Crippen molar-refractivity contribution in [2.24, 2.45) is 0 Å². The molecule has 0 N–H and O–H groups in total. The molecule has 0 aromatic carbocycles. The number of hydrogen-bond acceptors (Lipinski definition) is 6. The standard InChI is InChI=1S/C11H17BO6/c1-5-15-10(13)8-9(11(14)16-6-2)18-12(17-8)7(3)4/h8-9H,3,5-6H2,1-2,4H3/t8-,9-/m1/s1. The molecule has 1 saturated heterocycles. The molecule has 1 fully saturated rings. The van der Waals surface area contributed by atoms with Crippen LogP contribution in [0.5, 0.6) is 0 Å². The van der Waals surface area contributed by atoms with Crippen LogP contribution in [0.2, 0.25) is 0 Å². The number of hydrogen-bond donors (Lipinski definition) is 0. The average Bonchev–Trinajstić information content (AvgIpc) is 2.74. The van der Waals surface area contributed by atoms with E-state index in [1.807, 2.05) is 0 Å². The maximum absolute atomic E-state index is 11.7. The number of esters is 2. The lowest BCUT2D eigenvalue weighted by molar-refractivity contribution is -0.163. The van der Waals surface area contributed by atoms with Crippen LogP contribution in [0.15, 0.2) is 12.1 Å². The van der Waals surface area contributed by atoms with Crippen molar-refractivity contribution in [2.45, 2.75) is 33.0 Å². The first-order valence-electron chi connectivity index (χ1n) is 5.80. The van der Waals surface area contributed by atoms with Crippen molar-refractivity contribution in [1.82, 2.24) is 0 Å². The first kappa shape index (κ1) is 14.7. The molecule has 0 radical (unpaired) electrons. The highest BCUT2D eigenvalue weighted by Gasteiger charge is 2.49. The van der Waals surface area contributed by atoms with Gasteiger partial charge in [0.15, 0.2) is 12.2 Å². The molecule has 1 rings (SSSR count). The molecular formula is C11H17BO6. The summed E-state index contributed by atoms with van der Waals surface area (Å²) in [6.45, 7) is 9.08. The van der Waals surface area contributed by atoms with Crippen LogP contribution < -0.4 is 0 Å². The highest BCUT2D eigenvalue weighted by molar-refractivity contribution is 6.54. The number of carbonyl (C=O) groups is 2. The zero-order valence-electron chi connectivity index (χ0n) is 10.8. The predicted molar refractivity (Wildman–Crippen MR) is 63.6 cm³/mol. The fourth-order valence-electron chi connectivity index (χ4n) is 1.48. The van der Waals surface area contributed by atoms with Gasteiger partial charge in [0.05, 0.1) is 13.2 Å². The second kappa shape index (κ2) is 6.56. The molecule has 1 aliphatic rings. The highest BCUT2D eigenvalue weighted by atomic mass is 16.7. The molecule has 0 saturated carbocycles. The molecule has 1 aliphatic heterocycles. The van der Waals surface area contributed by atoms with Gasteiger partial charge in [-0.3, -0.25) is 0 Å². The Hall–Kier alpha value is -1.34. The maximum atomic E-state index is 11.7. The molecule has 18 heavy (non-hydrogen) atoms. The Morgan fingerprint density at radius 1 is 1.11 bits per heavy atom. The van der Waals surface area contributed by atoms with Gasteiger partial charge in [0.1, 0.15) is 0 Å². The largest absolute Gasteiger partial charge is 0.490 e. The van der Waals surface area contributed by atoms with Gasteiger partial charge < -0.3 is 18.8 Å². The zero-order valence-corrected chi connectivity index (χ0v) is 10.8. The minimum atomic E-state index is -1.11. The van der Waals surface area contributed by atoms with Crippen LogP contribution in [0.1, 0.15) is 20.8 Å². The molecule has 7 heteroatoms. The second-order valence-corrected chi connectivity index (χ2v) is 3.80. The van der Waals surface area contributed by atoms with E-state index in [1.165, 1.54) is 0 Å². The Balaban J connectivity index is 2.79. The van der Waals surface area contributed by atoms with Crippen molar-refractivity contribution >= 4 is 19.1 Å². The third kappa shape index (κ3) is 3.33. The Morgan fingerprint density at radius 2 is 1.50 bits per heavy atom. The summed E-state index contributed by atoms with van der Waals surface area (Å²) in [5.41, 5.74) is 0.566. The van der Waals surface area contributed by atoms with E-state index >= 15 is 0 Å². The summed E-state index contributed by atoms with van der Waals surface area (Å²) in [6.07, 6.45) is -2.21. The fourth-order valence-corrected chi connectivity index (χ4v) is 1.48. The molecule has 1 heterocycles. The van der Waals surface area contributed by atoms with E-state index in [0.717, 1.165) is 0 Å². The molecule has 6 nitrogen and oxygen atoms in total. The van der Waals surface area contributed by atoms with Crippen LogP contribution in [0.25, 0.3) is 0 Å². The summed E-state index contributed by atoms with van der Waals surface area (Å²) in [5, 5.41) is 0. The van der Waals surface area contributed by atoms with Crippen molar-refractivity contribution in [1.29, 1.82) is 0 Å². The van der Waals surface area contributed by atoms with Crippen molar-refractivity contribution in [3.63, 3.8) is 0 Å². The Labute approximate surface area is 106 Å². The van der Waals surface area contributed by atoms with E-state index in [0.29, 0.717) is 5.47 Å². The van der Waals surface area contributed by atoms with Crippen LogP contribution in [0, 0.1) is 0 Å². The van der Waals surface area contributed by atoms with Crippen molar-refractivity contribution in [2.75, 3.05) is 13.2 Å². The second-order valence-electron chi connectivity index (χ2n) is 3.80. The average molecular weight is 256 g/mol. The molecule has 2 atom stereocenters. The third-order valence-corrected chi connectivity index (χ3v) is 2.26. The summed E-state index contributed by atoms with van der Waals surface area (Å²) < 4.78 is 20.3. The summed E-state index contributed by atoms with van der Waals surface area (Å²) >= 11 is 0. The molecule has 0 bridgehead atoms. The monoisotopic (exact) mass is 256 g/mol. The van der Waals surface area contributed by atoms with Gasteiger partial charge in [-0.1, -0.05) is 5.47 Å². The maximum Gasteiger partial charge on any atom is 0.490 e. The van der Waals surface area contributed by atoms with E-state index in [2.05, 4.69) is 6.58 Å². The van der Waals surface area contributed by atoms with Crippen LogP contribution in [0.3, 0.4) is 0 Å². The van der Waals surface area contributed by atoms with Crippen LogP contribution in [-0.2, 0) is 28.4 Å². The predicted octanol–water partition coefficient (Wildman–Crippen LogP) is 0.500. The van der Waals surface area contributed by atoms with Gasteiger partial charge in [-0.25, -0.2) is 9.59 Å². The smallest absolute Gasteiger partial charge is 0.464 e. The fraction of sp³-hybridized carbons (Fsp3) is 0.636. The summed E-state index contributed by atoms with van der Waals surface area (Å²) in [7, 11) is -0.797. The number of allylic oxidation sites excluding steroid dienone is 1. The van der Waals surface area contributed by atoms with Gasteiger partial charge in [-0.2, -0.15) is 0 Å². The molecule has 0 aliphatic carbocycles. The quantitative estimate of drug-likeness (QED) is 0.527. The lowest BCUT2D eigenvalue weighted by atomic mass is 9.81. The summed E-state index contributed by atoms with van der Waals surface area (Å²) in [5.74, 6) is -1.28. The van der Waals surface area contributed by atoms with E-state index in [-0.39, 0.29) is 13.2 Å². The molecule has 100 valence electrons. The SMILES string of the molecule is C=C(C)B1O[C@@H](C(=O)OCC)[C@H](C(=O)OCC)O1. The minimum Gasteiger partial charge on any atom is -0.464 e. The zero-order chi connectivity index (χ0) is 13.7. The number of carbonyl (C=O) groups excluding carboxylic acids is 2. The van der Waals surface area contributed by atoms with Gasteiger partial charge in [0.2, 0.25) is 0 Å². The van der Waals surface area contributed by atoms with Gasteiger partial charge in [0, 0.05) is 0 Å². The first-order valence-corrected chi connectivity index (χ1v) is 5.80. The van der Waals surface area contributed by atoms with Crippen molar-refractivity contribution in [3.05, 3.63) is 12.1 Å². The van der Waals surface area contributed by atoms with E-state index < -0.39 is 31.3 Å². The summed E-state index contributed by atoms with van der Waals surface area (Å²) in [4.78, 5) is 23.3. The van der Waals surface area contributed by atoms with Crippen LogP contribution in [-0.4, -0.2) is 44.5 Å². The highest BCUT2D eigenvalue weighted by Crippen LogP contribution is 2.22. The van der Waals surface area contributed by atoms with E-state index in [9.17, 15) is 9.59 Å². The van der Waals surface area contributed by atoms with Gasteiger partial charge in [0.25, 0.3) is 0 Å². The van der Waals surface area contributed by atoms with E-state index in [4.69, 9.17) is 18.8 Å². The van der Waals surface area contributed by atoms with Crippen molar-refractivity contribution < 1.29 is 28.4 Å². The molecule has 0 aromatic heterocycles. The minimum absolute atomic E-state index is 0.200. The van der Waals surface area contributed by atoms with Crippen LogP contribution >= 0.6 is 0 Å². The molecule has 0 spiro atoms. The third-order valence-electron chi connectivity index (χ3n) is 2.26. The van der Waals surface area contributed by atoms with Crippen molar-refractivity contribution in [3.8, 4) is 0 Å². The van der Waals surface area contributed by atoms with E-state index in [1.54, 1.807) is 20.8 Å². The van der Waals surface area contributed by atoms with Crippen LogP contribution in [0.4, 0.5) is 0 Å². The Kier molecular flexibility index (Phi) is 5.36. The molecule has 0 amide bonds. The lowest BCUT2D eigenvalue weighted by Gasteiger charge is -2.15. The molecular weight excluding hydrogens is 239 g/mol. The lowest BCUT2D eigenvalue weighted by Crippen LogP contribution is -2.39. The van der Waals surface area contributed by atoms with Gasteiger partial charge >= 0.3 is 19.1 Å². The first-order chi connectivity index (χ1) is 8.51. The number of rotatable bonds is 5. The van der Waals surface area contributed by atoms with Gasteiger partial charge in [-0.15, -0.1) is 6.58 Å². The van der Waals surface area contributed by atoms with Gasteiger partial charge in [-0.05, 0) is 20.8 Å². The topological polar surface area (TPSA) is 71.1 Å². The number of ether oxygens (including phenoxy) is 2. The Bertz CT molecular complexity index is 316. The normalized spacial score (nSPS) is 22.7. The molecule has 0 aromatic rings. The summed E-state index contributed by atoms with van der Waals surface area (Å²) in [6, 6.07) is 0. The molecule has 0 unspecified atom stereocenters.